The second-order valence-corrected chi connectivity index (χ2v) is 5.99. The fraction of sp³-hybridized carbons (Fsp3) is 0.0667. The number of carbonyl (C=O) groups is 2. The molecule has 4 rings (SSSR count). The summed E-state index contributed by atoms with van der Waals surface area (Å²) in [6.07, 6.45) is 0. The number of hydrogen-bond donors (Lipinski definition) is 2. The number of carboxylic acids is 1. The number of ketones is 1. The maximum absolute atomic E-state index is 12.8. The summed E-state index contributed by atoms with van der Waals surface area (Å²) < 4.78 is 10.5. The van der Waals surface area contributed by atoms with Crippen LogP contribution in [-0.2, 0) is 0 Å². The van der Waals surface area contributed by atoms with Crippen molar-refractivity contribution in [2.45, 2.75) is 0 Å². The zero-order valence-electron chi connectivity index (χ0n) is 12.0. The topological polar surface area (TPSA) is 125 Å². The van der Waals surface area contributed by atoms with Crippen molar-refractivity contribution in [1.82, 2.24) is 9.97 Å². The van der Waals surface area contributed by atoms with Crippen molar-refractivity contribution < 1.29 is 24.2 Å². The molecule has 0 unspecified atom stereocenters. The summed E-state index contributed by atoms with van der Waals surface area (Å²) in [7, 11) is 0. The second-order valence-electron chi connectivity index (χ2n) is 4.96. The summed E-state index contributed by atoms with van der Waals surface area (Å²) in [4.78, 5) is 32.4. The molecule has 2 aromatic heterocycles. The van der Waals surface area contributed by atoms with Crippen LogP contribution in [0.2, 0.25) is 0 Å². The van der Waals surface area contributed by atoms with Gasteiger partial charge in [0.05, 0.1) is 0 Å². The Morgan fingerprint density at radius 3 is 2.75 bits per heavy atom. The second kappa shape index (κ2) is 5.17. The van der Waals surface area contributed by atoms with Gasteiger partial charge >= 0.3 is 5.97 Å². The average Bonchev–Trinajstić information content (AvgIpc) is 3.18. The zero-order chi connectivity index (χ0) is 16.8. The maximum Gasteiger partial charge on any atom is 0.345 e. The van der Waals surface area contributed by atoms with Gasteiger partial charge in [-0.2, -0.15) is 0 Å². The van der Waals surface area contributed by atoms with Gasteiger partial charge in [0.25, 0.3) is 0 Å². The summed E-state index contributed by atoms with van der Waals surface area (Å²) in [5.41, 5.74) is 6.05. The minimum Gasteiger partial charge on any atom is -0.477 e. The Kier molecular flexibility index (Phi) is 3.10. The Morgan fingerprint density at radius 2 is 1.96 bits per heavy atom. The van der Waals surface area contributed by atoms with Crippen molar-refractivity contribution in [2.24, 2.45) is 0 Å². The summed E-state index contributed by atoms with van der Waals surface area (Å²) >= 11 is 0.939. The van der Waals surface area contributed by atoms with E-state index in [1.807, 2.05) is 0 Å². The normalized spacial score (nSPS) is 12.5. The lowest BCUT2D eigenvalue weighted by Gasteiger charge is -2.04. The lowest BCUT2D eigenvalue weighted by Crippen LogP contribution is -2.08. The molecule has 3 aromatic rings. The van der Waals surface area contributed by atoms with Crippen LogP contribution in [0, 0.1) is 0 Å². The molecule has 24 heavy (non-hydrogen) atoms. The van der Waals surface area contributed by atoms with E-state index in [1.165, 1.54) is 6.07 Å². The molecule has 1 aliphatic rings. The van der Waals surface area contributed by atoms with Gasteiger partial charge in [-0.05, 0) is 24.3 Å². The highest BCUT2D eigenvalue weighted by Gasteiger charge is 2.22. The first-order chi connectivity index (χ1) is 11.5. The van der Waals surface area contributed by atoms with Crippen molar-refractivity contribution in [3.05, 3.63) is 40.4 Å². The first-order valence-electron chi connectivity index (χ1n) is 6.77. The molecule has 0 bridgehead atoms. The number of hydrogen-bond acceptors (Lipinski definition) is 8. The maximum atomic E-state index is 12.8. The molecule has 0 fully saturated rings. The number of anilines is 1. The molecular weight excluding hydrogens is 334 g/mol. The van der Waals surface area contributed by atoms with Crippen LogP contribution in [0.1, 0.15) is 25.7 Å². The molecule has 9 heteroatoms. The summed E-state index contributed by atoms with van der Waals surface area (Å²) in [6, 6.07) is 6.15. The molecule has 0 saturated carbocycles. The van der Waals surface area contributed by atoms with E-state index >= 15 is 0 Å². The largest absolute Gasteiger partial charge is 0.477 e. The molecule has 0 atom stereocenters. The summed E-state index contributed by atoms with van der Waals surface area (Å²) in [5, 5.41) is 9.48. The number of nitrogens with two attached hydrogens (primary N) is 1. The number of fused-ring (bicyclic) bond motifs is 2. The van der Waals surface area contributed by atoms with Crippen LogP contribution in [0.5, 0.6) is 11.5 Å². The lowest BCUT2D eigenvalue weighted by molar-refractivity contribution is 0.0702. The van der Waals surface area contributed by atoms with Gasteiger partial charge in [-0.25, -0.2) is 14.8 Å². The van der Waals surface area contributed by atoms with Crippen LogP contribution in [0.25, 0.3) is 10.2 Å². The Hall–Kier alpha value is -3.20. The third kappa shape index (κ3) is 2.22. The Bertz CT molecular complexity index is 1010. The van der Waals surface area contributed by atoms with E-state index in [1.54, 1.807) is 18.2 Å². The predicted molar refractivity (Wildman–Crippen MR) is 84.8 cm³/mol. The van der Waals surface area contributed by atoms with Crippen molar-refractivity contribution in [2.75, 3.05) is 12.5 Å². The molecule has 120 valence electrons. The summed E-state index contributed by atoms with van der Waals surface area (Å²) in [5.74, 6) is -0.566. The van der Waals surface area contributed by atoms with Gasteiger partial charge in [0.1, 0.15) is 15.4 Å². The van der Waals surface area contributed by atoms with Crippen LogP contribution in [0.4, 0.5) is 5.95 Å². The minimum atomic E-state index is -1.10. The smallest absolute Gasteiger partial charge is 0.345 e. The Balaban J connectivity index is 1.86. The van der Waals surface area contributed by atoms with Gasteiger partial charge in [0.15, 0.2) is 11.5 Å². The molecule has 3 heterocycles. The molecular formula is C15H9N3O5S. The number of carbonyl (C=O) groups excluding carboxylic acids is 1. The third-order valence-electron chi connectivity index (χ3n) is 3.47. The van der Waals surface area contributed by atoms with Crippen molar-refractivity contribution in [3.63, 3.8) is 0 Å². The van der Waals surface area contributed by atoms with Crippen LogP contribution in [0.15, 0.2) is 24.3 Å². The monoisotopic (exact) mass is 343 g/mol. The quantitative estimate of drug-likeness (QED) is 0.691. The van der Waals surface area contributed by atoms with E-state index in [9.17, 15) is 9.59 Å². The number of rotatable bonds is 3. The Morgan fingerprint density at radius 1 is 1.17 bits per heavy atom. The van der Waals surface area contributed by atoms with E-state index in [0.29, 0.717) is 27.3 Å². The van der Waals surface area contributed by atoms with E-state index in [4.69, 9.17) is 20.3 Å². The van der Waals surface area contributed by atoms with Crippen LogP contribution in [-0.4, -0.2) is 33.6 Å². The first kappa shape index (κ1) is 14.4. The highest BCUT2D eigenvalue weighted by molar-refractivity contribution is 7.20. The van der Waals surface area contributed by atoms with Crippen molar-refractivity contribution in [1.29, 1.82) is 0 Å². The molecule has 1 aromatic carbocycles. The highest BCUT2D eigenvalue weighted by Crippen LogP contribution is 2.34. The molecule has 0 aliphatic carbocycles. The molecule has 0 amide bonds. The fourth-order valence-electron chi connectivity index (χ4n) is 2.39. The zero-order valence-corrected chi connectivity index (χ0v) is 12.8. The van der Waals surface area contributed by atoms with Gasteiger partial charge in [0, 0.05) is 10.9 Å². The molecule has 8 nitrogen and oxygen atoms in total. The van der Waals surface area contributed by atoms with Gasteiger partial charge in [-0.15, -0.1) is 11.3 Å². The van der Waals surface area contributed by atoms with E-state index in [-0.39, 0.29) is 23.3 Å². The van der Waals surface area contributed by atoms with Gasteiger partial charge in [0.2, 0.25) is 18.5 Å². The van der Waals surface area contributed by atoms with Crippen molar-refractivity contribution in [3.8, 4) is 11.5 Å². The van der Waals surface area contributed by atoms with Crippen molar-refractivity contribution >= 4 is 39.3 Å². The number of carboxylic acid groups (broad SMARTS) is 1. The van der Waals surface area contributed by atoms with Gasteiger partial charge in [-0.3, -0.25) is 4.79 Å². The molecule has 0 spiro atoms. The number of nitrogen functional groups attached to an aromatic ring is 1. The predicted octanol–water partition coefficient (Wildman–Crippen LogP) is 1.93. The molecule has 3 N–H and O–H groups in total. The first-order valence-corrected chi connectivity index (χ1v) is 7.59. The van der Waals surface area contributed by atoms with Gasteiger partial charge < -0.3 is 20.3 Å². The number of aromatic nitrogens is 2. The lowest BCUT2D eigenvalue weighted by atomic mass is 10.1. The average molecular weight is 343 g/mol. The van der Waals surface area contributed by atoms with E-state index in [2.05, 4.69) is 9.97 Å². The third-order valence-corrected chi connectivity index (χ3v) is 4.49. The van der Waals surface area contributed by atoms with Crippen LogP contribution in [0.3, 0.4) is 0 Å². The molecule has 0 saturated heterocycles. The van der Waals surface area contributed by atoms with Crippen LogP contribution >= 0.6 is 11.3 Å². The van der Waals surface area contributed by atoms with E-state index in [0.717, 1.165) is 11.3 Å². The number of nitrogens with zero attached hydrogens (tertiary/aromatic N) is 2. The fourth-order valence-corrected chi connectivity index (χ4v) is 3.27. The minimum absolute atomic E-state index is 0.0557. The summed E-state index contributed by atoms with van der Waals surface area (Å²) in [6.45, 7) is 0.101. The van der Waals surface area contributed by atoms with E-state index < -0.39 is 11.8 Å². The number of ether oxygens (including phenoxy) is 2. The number of benzene rings is 1. The van der Waals surface area contributed by atoms with Crippen LogP contribution < -0.4 is 15.2 Å². The van der Waals surface area contributed by atoms with Gasteiger partial charge in [-0.1, -0.05) is 0 Å². The highest BCUT2D eigenvalue weighted by atomic mass is 32.1. The molecule has 0 radical (unpaired) electrons. The number of aromatic carboxylic acids is 1. The Labute approximate surface area is 138 Å². The number of thiophene rings is 1. The molecule has 1 aliphatic heterocycles. The standard InChI is InChI=1S/C15H9N3O5S/c16-15-17-11(7-4-10(14(20)21)24-13(7)18-15)12(19)6-1-2-8-9(3-6)23-5-22-8/h1-4H,5H2,(H,20,21)(H2,16,17,18). The SMILES string of the molecule is Nc1nc(C(=O)c2ccc3c(c2)OCO3)c2cc(C(=O)O)sc2n1.